The van der Waals surface area contributed by atoms with Gasteiger partial charge in [0.05, 0.1) is 16.7 Å². The molecule has 2 atom stereocenters. The van der Waals surface area contributed by atoms with E-state index >= 15 is 0 Å². The molecule has 0 aliphatic carbocycles. The summed E-state index contributed by atoms with van der Waals surface area (Å²) in [5.74, 6) is 0. The highest BCUT2D eigenvalue weighted by Crippen LogP contribution is 2.37. The molecular weight excluding hydrogens is 321 g/mol. The molecule has 0 aromatic heterocycles. The van der Waals surface area contributed by atoms with E-state index in [1.165, 1.54) is 12.0 Å². The number of halogens is 2. The smallest absolute Gasteiger partial charge is 0.157 e. The van der Waals surface area contributed by atoms with Gasteiger partial charge in [-0.05, 0) is 56.3 Å². The van der Waals surface area contributed by atoms with Gasteiger partial charge in [-0.2, -0.15) is 0 Å². The summed E-state index contributed by atoms with van der Waals surface area (Å²) >= 11 is 12.3. The fourth-order valence-corrected chi connectivity index (χ4v) is 3.70. The van der Waals surface area contributed by atoms with Crippen molar-refractivity contribution in [2.75, 3.05) is 26.3 Å². The molecule has 3 rings (SSSR count). The van der Waals surface area contributed by atoms with Gasteiger partial charge in [-0.15, -0.1) is 0 Å². The Bertz CT molecular complexity index is 497. The molecule has 2 aliphatic rings. The first kappa shape index (κ1) is 16.5. The molecule has 5 heteroatoms. The molecule has 2 saturated heterocycles. The molecule has 3 nitrogen and oxygen atoms in total. The Morgan fingerprint density at radius 2 is 2.18 bits per heavy atom. The fourth-order valence-electron chi connectivity index (χ4n) is 3.40. The molecule has 2 aliphatic heterocycles. The Hall–Kier alpha value is -0.320. The van der Waals surface area contributed by atoms with Crippen molar-refractivity contribution in [3.05, 3.63) is 33.8 Å². The summed E-state index contributed by atoms with van der Waals surface area (Å²) in [6.07, 6.45) is 5.41. The summed E-state index contributed by atoms with van der Waals surface area (Å²) in [7, 11) is 0. The van der Waals surface area contributed by atoms with Gasteiger partial charge >= 0.3 is 0 Å². The topological polar surface area (TPSA) is 30.5 Å². The zero-order valence-electron chi connectivity index (χ0n) is 12.7. The molecule has 1 aromatic rings. The molecular formula is C17H23Cl2NO2. The predicted octanol–water partition coefficient (Wildman–Crippen LogP) is 4.16. The van der Waals surface area contributed by atoms with Crippen LogP contribution in [0.2, 0.25) is 10.0 Å². The summed E-state index contributed by atoms with van der Waals surface area (Å²) in [5, 5.41) is 4.71. The van der Waals surface area contributed by atoms with Crippen LogP contribution in [0.25, 0.3) is 0 Å². The molecule has 2 heterocycles. The Kier molecular flexibility index (Phi) is 5.64. The average molecular weight is 344 g/mol. The second kappa shape index (κ2) is 7.50. The first-order valence-corrected chi connectivity index (χ1v) is 8.85. The number of nitrogens with one attached hydrogen (secondary N) is 1. The molecule has 0 bridgehead atoms. The molecule has 2 fully saturated rings. The van der Waals surface area contributed by atoms with Gasteiger partial charge < -0.3 is 14.8 Å². The Morgan fingerprint density at radius 3 is 2.86 bits per heavy atom. The molecule has 1 N–H and O–H groups in total. The van der Waals surface area contributed by atoms with Crippen LogP contribution in [0.3, 0.4) is 0 Å². The number of benzene rings is 1. The lowest BCUT2D eigenvalue weighted by molar-refractivity contribution is -0.164. The van der Waals surface area contributed by atoms with Crippen molar-refractivity contribution in [3.8, 4) is 0 Å². The third-order valence-corrected chi connectivity index (χ3v) is 5.54. The van der Waals surface area contributed by atoms with Crippen LogP contribution < -0.4 is 5.32 Å². The zero-order valence-corrected chi connectivity index (χ0v) is 14.3. The van der Waals surface area contributed by atoms with Crippen molar-refractivity contribution < 1.29 is 9.47 Å². The number of rotatable bonds is 5. The average Bonchev–Trinajstić information content (AvgIpc) is 3.01. The van der Waals surface area contributed by atoms with E-state index in [-0.39, 0.29) is 11.7 Å². The van der Waals surface area contributed by atoms with E-state index in [2.05, 4.69) is 11.4 Å². The summed E-state index contributed by atoms with van der Waals surface area (Å²) < 4.78 is 11.6. The fraction of sp³-hybridized carbons (Fsp3) is 0.647. The van der Waals surface area contributed by atoms with E-state index in [0.29, 0.717) is 16.7 Å². The largest absolute Gasteiger partial charge is 0.353 e. The van der Waals surface area contributed by atoms with Gasteiger partial charge in [-0.25, -0.2) is 0 Å². The maximum Gasteiger partial charge on any atom is 0.157 e. The van der Waals surface area contributed by atoms with Crippen LogP contribution >= 0.6 is 23.2 Å². The summed E-state index contributed by atoms with van der Waals surface area (Å²) in [6.45, 7) is 3.52. The van der Waals surface area contributed by atoms with E-state index in [4.69, 9.17) is 32.7 Å². The molecule has 2 unspecified atom stereocenters. The van der Waals surface area contributed by atoms with E-state index in [0.717, 1.165) is 45.4 Å². The first-order chi connectivity index (χ1) is 10.7. The van der Waals surface area contributed by atoms with E-state index in [9.17, 15) is 0 Å². The van der Waals surface area contributed by atoms with Crippen molar-refractivity contribution in [1.82, 2.24) is 5.32 Å². The first-order valence-electron chi connectivity index (χ1n) is 8.09. The summed E-state index contributed by atoms with van der Waals surface area (Å²) in [6, 6.07) is 6.00. The van der Waals surface area contributed by atoms with E-state index in [1.54, 1.807) is 0 Å². The molecule has 122 valence electrons. The van der Waals surface area contributed by atoms with Gasteiger partial charge in [-0.3, -0.25) is 0 Å². The minimum atomic E-state index is -0.0195. The molecule has 0 spiro atoms. The molecule has 0 radical (unpaired) electrons. The van der Waals surface area contributed by atoms with Crippen molar-refractivity contribution in [3.63, 3.8) is 0 Å². The summed E-state index contributed by atoms with van der Waals surface area (Å²) in [5.41, 5.74) is 1.34. The zero-order chi connectivity index (χ0) is 15.4. The standard InChI is InChI=1S/C17H23Cl2NO2/c18-14-5-4-13(11-15(14)19)17(6-8-20-12-17)7-10-22-16-3-1-2-9-21-16/h4-5,11,16,20H,1-3,6-10,12H2. The van der Waals surface area contributed by atoms with Gasteiger partial charge in [0.1, 0.15) is 0 Å². The Morgan fingerprint density at radius 1 is 1.27 bits per heavy atom. The normalized spacial score (nSPS) is 28.9. The Labute approximate surface area is 142 Å². The molecule has 1 aromatic carbocycles. The van der Waals surface area contributed by atoms with Gasteiger partial charge in [0, 0.05) is 18.6 Å². The van der Waals surface area contributed by atoms with Crippen LogP contribution in [0, 0.1) is 0 Å². The third-order valence-electron chi connectivity index (χ3n) is 4.80. The van der Waals surface area contributed by atoms with Crippen LogP contribution in [0.1, 0.15) is 37.7 Å². The van der Waals surface area contributed by atoms with Gasteiger partial charge in [0.25, 0.3) is 0 Å². The van der Waals surface area contributed by atoms with E-state index < -0.39 is 0 Å². The monoisotopic (exact) mass is 343 g/mol. The van der Waals surface area contributed by atoms with Gasteiger partial charge in [0.15, 0.2) is 6.29 Å². The van der Waals surface area contributed by atoms with Crippen molar-refractivity contribution in [1.29, 1.82) is 0 Å². The second-order valence-corrected chi connectivity index (χ2v) is 7.07. The molecule has 0 amide bonds. The number of ether oxygens (including phenoxy) is 2. The highest BCUT2D eigenvalue weighted by molar-refractivity contribution is 6.42. The van der Waals surface area contributed by atoms with Crippen molar-refractivity contribution in [2.24, 2.45) is 0 Å². The quantitative estimate of drug-likeness (QED) is 0.870. The Balaban J connectivity index is 1.64. The van der Waals surface area contributed by atoms with Crippen LogP contribution in [-0.2, 0) is 14.9 Å². The van der Waals surface area contributed by atoms with Crippen LogP contribution in [0.5, 0.6) is 0 Å². The molecule has 0 saturated carbocycles. The SMILES string of the molecule is Clc1ccc(C2(CCOC3CCCCO3)CCNC2)cc1Cl. The number of hydrogen-bond acceptors (Lipinski definition) is 3. The van der Waals surface area contributed by atoms with E-state index in [1.807, 2.05) is 12.1 Å². The lowest BCUT2D eigenvalue weighted by Crippen LogP contribution is -2.32. The van der Waals surface area contributed by atoms with Crippen molar-refractivity contribution >= 4 is 23.2 Å². The highest BCUT2D eigenvalue weighted by Gasteiger charge is 2.36. The number of hydrogen-bond donors (Lipinski definition) is 1. The van der Waals surface area contributed by atoms with Gasteiger partial charge in [-0.1, -0.05) is 29.3 Å². The van der Waals surface area contributed by atoms with Crippen LogP contribution in [0.4, 0.5) is 0 Å². The second-order valence-electron chi connectivity index (χ2n) is 6.25. The maximum absolute atomic E-state index is 6.21. The van der Waals surface area contributed by atoms with Crippen LogP contribution in [-0.4, -0.2) is 32.6 Å². The van der Waals surface area contributed by atoms with Crippen molar-refractivity contribution in [2.45, 2.75) is 43.8 Å². The third kappa shape index (κ3) is 3.77. The van der Waals surface area contributed by atoms with Crippen LogP contribution in [0.15, 0.2) is 18.2 Å². The lowest BCUT2D eigenvalue weighted by atomic mass is 9.77. The highest BCUT2D eigenvalue weighted by atomic mass is 35.5. The predicted molar refractivity (Wildman–Crippen MR) is 89.8 cm³/mol. The lowest BCUT2D eigenvalue weighted by Gasteiger charge is -2.30. The summed E-state index contributed by atoms with van der Waals surface area (Å²) in [4.78, 5) is 0. The maximum atomic E-state index is 6.21. The van der Waals surface area contributed by atoms with Gasteiger partial charge in [0.2, 0.25) is 0 Å². The minimum absolute atomic E-state index is 0.0195. The molecule has 22 heavy (non-hydrogen) atoms. The minimum Gasteiger partial charge on any atom is -0.353 e.